The van der Waals surface area contributed by atoms with E-state index in [0.717, 1.165) is 0 Å². The van der Waals surface area contributed by atoms with Crippen molar-refractivity contribution in [3.05, 3.63) is 28.7 Å². The van der Waals surface area contributed by atoms with E-state index >= 15 is 0 Å². The van der Waals surface area contributed by atoms with Gasteiger partial charge in [0.25, 0.3) is 5.56 Å². The first-order chi connectivity index (χ1) is 10.5. The Hall–Kier alpha value is -1.99. The predicted molar refractivity (Wildman–Crippen MR) is 79.9 cm³/mol. The standard InChI is InChI=1S/C15H19N3O4/c1-15(2)21-9-10(22-15)6-7-18-13(19)8-16-11-4-5-12(20-3)17-14(11)18/h4-5,8,10H,6-7,9H2,1-3H3/t10-/m0/s1. The summed E-state index contributed by atoms with van der Waals surface area (Å²) in [5, 5.41) is 0. The molecule has 0 bridgehead atoms. The Kier molecular flexibility index (Phi) is 3.84. The van der Waals surface area contributed by atoms with E-state index in [1.165, 1.54) is 6.20 Å². The molecule has 0 amide bonds. The summed E-state index contributed by atoms with van der Waals surface area (Å²) in [7, 11) is 1.54. The van der Waals surface area contributed by atoms with Crippen molar-refractivity contribution >= 4 is 11.2 Å². The van der Waals surface area contributed by atoms with Gasteiger partial charge in [-0.25, -0.2) is 4.98 Å². The molecule has 0 N–H and O–H groups in total. The van der Waals surface area contributed by atoms with Crippen LogP contribution in [0.4, 0.5) is 0 Å². The molecule has 3 heterocycles. The van der Waals surface area contributed by atoms with Gasteiger partial charge in [-0.2, -0.15) is 4.98 Å². The molecule has 2 aromatic rings. The van der Waals surface area contributed by atoms with Crippen molar-refractivity contribution in [2.45, 2.75) is 38.7 Å². The van der Waals surface area contributed by atoms with Crippen molar-refractivity contribution in [2.24, 2.45) is 0 Å². The minimum Gasteiger partial charge on any atom is -0.481 e. The number of hydrogen-bond acceptors (Lipinski definition) is 6. The molecule has 1 aliphatic rings. The summed E-state index contributed by atoms with van der Waals surface area (Å²) in [5.74, 6) is -0.104. The highest BCUT2D eigenvalue weighted by atomic mass is 16.7. The van der Waals surface area contributed by atoms with Gasteiger partial charge in [-0.3, -0.25) is 9.36 Å². The summed E-state index contributed by atoms with van der Waals surface area (Å²) in [6, 6.07) is 3.51. The highest BCUT2D eigenvalue weighted by Crippen LogP contribution is 2.24. The molecule has 0 aromatic carbocycles. The Morgan fingerprint density at radius 2 is 2.27 bits per heavy atom. The minimum atomic E-state index is -0.558. The number of fused-ring (bicyclic) bond motifs is 1. The monoisotopic (exact) mass is 305 g/mol. The summed E-state index contributed by atoms with van der Waals surface area (Å²) < 4.78 is 18.0. The van der Waals surface area contributed by atoms with E-state index in [-0.39, 0.29) is 11.7 Å². The average molecular weight is 305 g/mol. The molecular formula is C15H19N3O4. The molecule has 7 nitrogen and oxygen atoms in total. The second kappa shape index (κ2) is 5.66. The van der Waals surface area contributed by atoms with Crippen LogP contribution in [0.15, 0.2) is 23.1 Å². The largest absolute Gasteiger partial charge is 0.481 e. The van der Waals surface area contributed by atoms with Crippen molar-refractivity contribution in [3.8, 4) is 5.88 Å². The summed E-state index contributed by atoms with van der Waals surface area (Å²) in [5.41, 5.74) is 0.987. The number of aryl methyl sites for hydroxylation is 1. The summed E-state index contributed by atoms with van der Waals surface area (Å²) in [6.45, 7) is 4.78. The summed E-state index contributed by atoms with van der Waals surface area (Å²) >= 11 is 0. The van der Waals surface area contributed by atoms with E-state index in [4.69, 9.17) is 14.2 Å². The van der Waals surface area contributed by atoms with Crippen LogP contribution in [-0.2, 0) is 16.0 Å². The highest BCUT2D eigenvalue weighted by Gasteiger charge is 2.32. The minimum absolute atomic E-state index is 0.0317. The average Bonchev–Trinajstić information content (AvgIpc) is 2.85. The molecule has 1 aliphatic heterocycles. The van der Waals surface area contributed by atoms with E-state index in [1.54, 1.807) is 23.8 Å². The first-order valence-corrected chi connectivity index (χ1v) is 7.21. The molecule has 3 rings (SSSR count). The lowest BCUT2D eigenvalue weighted by molar-refractivity contribution is -0.139. The van der Waals surface area contributed by atoms with Gasteiger partial charge in [0.2, 0.25) is 5.88 Å². The first-order valence-electron chi connectivity index (χ1n) is 7.21. The van der Waals surface area contributed by atoms with Crippen LogP contribution in [0.1, 0.15) is 20.3 Å². The first kappa shape index (κ1) is 14.9. The molecule has 22 heavy (non-hydrogen) atoms. The van der Waals surface area contributed by atoms with E-state index in [2.05, 4.69) is 9.97 Å². The van der Waals surface area contributed by atoms with Gasteiger partial charge in [-0.05, 0) is 26.3 Å². The molecule has 7 heteroatoms. The molecular weight excluding hydrogens is 286 g/mol. The van der Waals surface area contributed by atoms with Gasteiger partial charge >= 0.3 is 0 Å². The molecule has 2 aromatic heterocycles. The van der Waals surface area contributed by atoms with Crippen LogP contribution in [-0.4, -0.2) is 40.1 Å². The van der Waals surface area contributed by atoms with Gasteiger partial charge < -0.3 is 14.2 Å². The van der Waals surface area contributed by atoms with Crippen molar-refractivity contribution in [1.29, 1.82) is 0 Å². The Morgan fingerprint density at radius 3 is 2.95 bits per heavy atom. The fourth-order valence-corrected chi connectivity index (χ4v) is 2.53. The zero-order valence-electron chi connectivity index (χ0n) is 12.9. The second-order valence-corrected chi connectivity index (χ2v) is 5.68. The van der Waals surface area contributed by atoms with Crippen LogP contribution in [0.5, 0.6) is 5.88 Å². The van der Waals surface area contributed by atoms with Crippen LogP contribution in [0, 0.1) is 0 Å². The third-order valence-electron chi connectivity index (χ3n) is 3.62. The second-order valence-electron chi connectivity index (χ2n) is 5.68. The normalized spacial score (nSPS) is 20.4. The lowest BCUT2D eigenvalue weighted by atomic mass is 10.2. The SMILES string of the molecule is COc1ccc2ncc(=O)n(CC[C@H]3COC(C)(C)O3)c2n1. The number of hydrogen-bond donors (Lipinski definition) is 0. The molecule has 0 unspecified atom stereocenters. The third-order valence-corrected chi connectivity index (χ3v) is 3.62. The van der Waals surface area contributed by atoms with Gasteiger partial charge in [-0.1, -0.05) is 0 Å². The van der Waals surface area contributed by atoms with E-state index in [0.29, 0.717) is 36.6 Å². The molecule has 0 spiro atoms. The fraction of sp³-hybridized carbons (Fsp3) is 0.533. The number of methoxy groups -OCH3 is 1. The van der Waals surface area contributed by atoms with Crippen molar-refractivity contribution in [2.75, 3.05) is 13.7 Å². The van der Waals surface area contributed by atoms with Crippen LogP contribution in [0.25, 0.3) is 11.2 Å². The van der Waals surface area contributed by atoms with E-state index in [9.17, 15) is 4.79 Å². The molecule has 0 saturated carbocycles. The molecule has 1 atom stereocenters. The quantitative estimate of drug-likeness (QED) is 0.848. The van der Waals surface area contributed by atoms with E-state index < -0.39 is 5.79 Å². The number of aromatic nitrogens is 3. The van der Waals surface area contributed by atoms with Crippen LogP contribution >= 0.6 is 0 Å². The smallest absolute Gasteiger partial charge is 0.270 e. The maximum atomic E-state index is 12.1. The maximum absolute atomic E-state index is 12.1. The molecule has 118 valence electrons. The van der Waals surface area contributed by atoms with Crippen LogP contribution in [0.2, 0.25) is 0 Å². The zero-order chi connectivity index (χ0) is 15.7. The zero-order valence-corrected chi connectivity index (χ0v) is 12.9. The molecule has 0 aliphatic carbocycles. The van der Waals surface area contributed by atoms with Gasteiger partial charge in [0, 0.05) is 12.6 Å². The number of nitrogens with zero attached hydrogens (tertiary/aromatic N) is 3. The molecule has 1 fully saturated rings. The lowest BCUT2D eigenvalue weighted by Crippen LogP contribution is -2.25. The van der Waals surface area contributed by atoms with Crippen LogP contribution < -0.4 is 10.3 Å². The molecule has 0 radical (unpaired) electrons. The Bertz CT molecular complexity index is 741. The fourth-order valence-electron chi connectivity index (χ4n) is 2.53. The number of rotatable bonds is 4. The van der Waals surface area contributed by atoms with Gasteiger partial charge in [0.1, 0.15) is 5.52 Å². The number of pyridine rings is 1. The lowest BCUT2D eigenvalue weighted by Gasteiger charge is -2.17. The van der Waals surface area contributed by atoms with Crippen molar-refractivity contribution < 1.29 is 14.2 Å². The van der Waals surface area contributed by atoms with Crippen LogP contribution in [0.3, 0.4) is 0 Å². The predicted octanol–water partition coefficient (Wildman–Crippen LogP) is 1.34. The molecule has 1 saturated heterocycles. The third kappa shape index (κ3) is 2.95. The Balaban J connectivity index is 1.86. The van der Waals surface area contributed by atoms with Crippen molar-refractivity contribution in [1.82, 2.24) is 14.5 Å². The number of ether oxygens (including phenoxy) is 3. The van der Waals surface area contributed by atoms with Gasteiger partial charge in [0.05, 0.1) is 26.0 Å². The summed E-state index contributed by atoms with van der Waals surface area (Å²) in [4.78, 5) is 20.6. The van der Waals surface area contributed by atoms with Gasteiger partial charge in [0.15, 0.2) is 11.4 Å². The Morgan fingerprint density at radius 1 is 1.45 bits per heavy atom. The summed E-state index contributed by atoms with van der Waals surface area (Å²) in [6.07, 6.45) is 1.95. The van der Waals surface area contributed by atoms with Gasteiger partial charge in [-0.15, -0.1) is 0 Å². The van der Waals surface area contributed by atoms with Crippen molar-refractivity contribution in [3.63, 3.8) is 0 Å². The maximum Gasteiger partial charge on any atom is 0.270 e. The Labute approximate surface area is 127 Å². The topological polar surface area (TPSA) is 75.5 Å². The highest BCUT2D eigenvalue weighted by molar-refractivity contribution is 5.70. The van der Waals surface area contributed by atoms with E-state index in [1.807, 2.05) is 13.8 Å².